The van der Waals surface area contributed by atoms with E-state index in [1.807, 2.05) is 42.5 Å². The highest BCUT2D eigenvalue weighted by atomic mass is 35.5. The van der Waals surface area contributed by atoms with Crippen molar-refractivity contribution >= 4 is 11.6 Å². The number of halogens is 1. The predicted octanol–water partition coefficient (Wildman–Crippen LogP) is 2.64. The minimum absolute atomic E-state index is 0.120. The van der Waals surface area contributed by atoms with E-state index in [9.17, 15) is 15.3 Å². The third-order valence-electron chi connectivity index (χ3n) is 5.70. The van der Waals surface area contributed by atoms with Crippen molar-refractivity contribution in [3.05, 3.63) is 64.2 Å². The molecule has 3 N–H and O–H groups in total. The van der Waals surface area contributed by atoms with E-state index in [0.29, 0.717) is 18.1 Å². The molecule has 0 bridgehead atoms. The molecule has 0 radical (unpaired) electrons. The molecule has 3 unspecified atom stereocenters. The highest BCUT2D eigenvalue weighted by Crippen LogP contribution is 2.34. The van der Waals surface area contributed by atoms with Gasteiger partial charge in [0.05, 0.1) is 32.0 Å². The molecule has 2 aliphatic heterocycles. The first-order valence-corrected chi connectivity index (χ1v) is 10.7. The summed E-state index contributed by atoms with van der Waals surface area (Å²) < 4.78 is 17.0. The molecule has 4 rings (SSSR count). The van der Waals surface area contributed by atoms with Crippen LogP contribution in [0.5, 0.6) is 5.75 Å². The van der Waals surface area contributed by atoms with Crippen molar-refractivity contribution in [3.63, 3.8) is 0 Å². The summed E-state index contributed by atoms with van der Waals surface area (Å²) >= 11 is 6.43. The first-order chi connectivity index (χ1) is 14.5. The lowest BCUT2D eigenvalue weighted by Crippen LogP contribution is -2.47. The summed E-state index contributed by atoms with van der Waals surface area (Å²) in [4.78, 5) is 0. The van der Waals surface area contributed by atoms with Crippen LogP contribution in [0.15, 0.2) is 42.5 Å². The second-order valence-electron chi connectivity index (χ2n) is 7.91. The zero-order chi connectivity index (χ0) is 21.1. The van der Waals surface area contributed by atoms with Gasteiger partial charge in [0, 0.05) is 17.9 Å². The predicted molar refractivity (Wildman–Crippen MR) is 112 cm³/mol. The average Bonchev–Trinajstić information content (AvgIpc) is 3.26. The summed E-state index contributed by atoms with van der Waals surface area (Å²) in [6.45, 7) is 1.03. The van der Waals surface area contributed by atoms with Gasteiger partial charge in [-0.3, -0.25) is 0 Å². The Morgan fingerprint density at radius 1 is 1.10 bits per heavy atom. The SMILES string of the molecule is OCC1OC(c2ccc(Cl)c(Cc3ccc(O[C@H]4CCOC4)cc3)c2)C[C@H](O)C1O. The van der Waals surface area contributed by atoms with E-state index >= 15 is 0 Å². The third-order valence-corrected chi connectivity index (χ3v) is 6.07. The average molecular weight is 435 g/mol. The van der Waals surface area contributed by atoms with Crippen LogP contribution < -0.4 is 4.74 Å². The van der Waals surface area contributed by atoms with E-state index in [1.54, 1.807) is 0 Å². The Labute approximate surface area is 181 Å². The van der Waals surface area contributed by atoms with Crippen molar-refractivity contribution in [3.8, 4) is 5.75 Å². The van der Waals surface area contributed by atoms with Crippen LogP contribution in [0.1, 0.15) is 35.6 Å². The quantitative estimate of drug-likeness (QED) is 0.647. The summed E-state index contributed by atoms with van der Waals surface area (Å²) in [6.07, 6.45) is -1.33. The van der Waals surface area contributed by atoms with Crippen LogP contribution in [-0.2, 0) is 15.9 Å². The molecule has 0 saturated carbocycles. The Kier molecular flexibility index (Phi) is 6.93. The maximum atomic E-state index is 10.1. The van der Waals surface area contributed by atoms with E-state index in [0.717, 1.165) is 35.5 Å². The van der Waals surface area contributed by atoms with E-state index in [2.05, 4.69) is 0 Å². The van der Waals surface area contributed by atoms with Crippen molar-refractivity contribution in [1.29, 1.82) is 0 Å². The van der Waals surface area contributed by atoms with Gasteiger partial charge in [-0.1, -0.05) is 35.9 Å². The Morgan fingerprint density at radius 2 is 1.90 bits per heavy atom. The van der Waals surface area contributed by atoms with Gasteiger partial charge in [-0.05, 0) is 41.3 Å². The van der Waals surface area contributed by atoms with Gasteiger partial charge in [0.2, 0.25) is 0 Å². The van der Waals surface area contributed by atoms with Gasteiger partial charge >= 0.3 is 0 Å². The normalized spacial score (nSPS) is 29.1. The van der Waals surface area contributed by atoms with Gasteiger partial charge < -0.3 is 29.5 Å². The van der Waals surface area contributed by atoms with E-state index in [4.69, 9.17) is 25.8 Å². The number of benzene rings is 2. The van der Waals surface area contributed by atoms with Gasteiger partial charge in [-0.25, -0.2) is 0 Å². The molecule has 2 saturated heterocycles. The highest BCUT2D eigenvalue weighted by molar-refractivity contribution is 6.31. The minimum atomic E-state index is -1.09. The first kappa shape index (κ1) is 21.6. The molecule has 2 aromatic rings. The molecular formula is C23H27ClO6. The molecular weight excluding hydrogens is 408 g/mol. The summed E-state index contributed by atoms with van der Waals surface area (Å²) in [7, 11) is 0. The van der Waals surface area contributed by atoms with Crippen LogP contribution in [0.3, 0.4) is 0 Å². The number of aliphatic hydroxyl groups excluding tert-OH is 3. The zero-order valence-electron chi connectivity index (χ0n) is 16.6. The molecule has 30 heavy (non-hydrogen) atoms. The molecule has 5 atom stereocenters. The molecule has 2 fully saturated rings. The van der Waals surface area contributed by atoms with Gasteiger partial charge in [-0.15, -0.1) is 0 Å². The molecule has 2 aliphatic rings. The summed E-state index contributed by atoms with van der Waals surface area (Å²) in [6, 6.07) is 13.6. The maximum Gasteiger partial charge on any atom is 0.124 e. The van der Waals surface area contributed by atoms with E-state index in [1.165, 1.54) is 0 Å². The number of hydrogen-bond acceptors (Lipinski definition) is 6. The van der Waals surface area contributed by atoms with Gasteiger partial charge in [-0.2, -0.15) is 0 Å². The number of rotatable bonds is 6. The molecule has 2 aromatic carbocycles. The molecule has 0 aromatic heterocycles. The molecule has 6 nitrogen and oxygen atoms in total. The van der Waals surface area contributed by atoms with Crippen LogP contribution in [0, 0.1) is 0 Å². The summed E-state index contributed by atoms with van der Waals surface area (Å²) in [5.41, 5.74) is 2.90. The molecule has 0 aliphatic carbocycles. The van der Waals surface area contributed by atoms with Crippen LogP contribution in [-0.4, -0.2) is 59.6 Å². The zero-order valence-corrected chi connectivity index (χ0v) is 17.4. The Bertz CT molecular complexity index is 836. The van der Waals surface area contributed by atoms with Crippen LogP contribution in [0.2, 0.25) is 5.02 Å². The minimum Gasteiger partial charge on any atom is -0.488 e. The van der Waals surface area contributed by atoms with Crippen molar-refractivity contribution in [1.82, 2.24) is 0 Å². The number of ether oxygens (including phenoxy) is 3. The molecule has 7 heteroatoms. The topological polar surface area (TPSA) is 88.4 Å². The molecule has 162 valence electrons. The molecule has 0 amide bonds. The van der Waals surface area contributed by atoms with Crippen LogP contribution >= 0.6 is 11.6 Å². The molecule has 0 spiro atoms. The van der Waals surface area contributed by atoms with Gasteiger partial charge in [0.1, 0.15) is 24.1 Å². The monoisotopic (exact) mass is 434 g/mol. The van der Waals surface area contributed by atoms with E-state index < -0.39 is 24.4 Å². The fraction of sp³-hybridized carbons (Fsp3) is 0.478. The van der Waals surface area contributed by atoms with Crippen LogP contribution in [0.4, 0.5) is 0 Å². The Balaban J connectivity index is 1.45. The van der Waals surface area contributed by atoms with Crippen molar-refractivity contribution in [2.75, 3.05) is 19.8 Å². The second kappa shape index (κ2) is 9.64. The fourth-order valence-electron chi connectivity index (χ4n) is 3.95. The second-order valence-corrected chi connectivity index (χ2v) is 8.32. The Hall–Kier alpha value is -1.67. The lowest BCUT2D eigenvalue weighted by atomic mass is 9.92. The van der Waals surface area contributed by atoms with E-state index in [-0.39, 0.29) is 19.1 Å². The lowest BCUT2D eigenvalue weighted by molar-refractivity contribution is -0.181. The standard InChI is InChI=1S/C23H27ClO6/c24-19-6-3-15(21-11-20(26)23(27)22(12-25)30-21)10-16(19)9-14-1-4-17(5-2-14)29-18-7-8-28-13-18/h1-6,10,18,20-23,25-27H,7-9,11-13H2/t18-,20-,21?,22?,23?/m0/s1. The van der Waals surface area contributed by atoms with Gasteiger partial charge in [0.15, 0.2) is 0 Å². The fourth-order valence-corrected chi connectivity index (χ4v) is 4.14. The lowest BCUT2D eigenvalue weighted by Gasteiger charge is -2.36. The largest absolute Gasteiger partial charge is 0.488 e. The smallest absolute Gasteiger partial charge is 0.124 e. The molecule has 2 heterocycles. The highest BCUT2D eigenvalue weighted by Gasteiger charge is 2.37. The number of hydrogen-bond donors (Lipinski definition) is 3. The maximum absolute atomic E-state index is 10.1. The Morgan fingerprint density at radius 3 is 2.60 bits per heavy atom. The third kappa shape index (κ3) is 4.97. The summed E-state index contributed by atoms with van der Waals surface area (Å²) in [5.74, 6) is 0.826. The van der Waals surface area contributed by atoms with Crippen molar-refractivity contribution < 1.29 is 29.5 Å². The summed E-state index contributed by atoms with van der Waals surface area (Å²) in [5, 5.41) is 30.1. The van der Waals surface area contributed by atoms with Gasteiger partial charge in [0.25, 0.3) is 0 Å². The number of aliphatic hydroxyl groups is 3. The van der Waals surface area contributed by atoms with Crippen LogP contribution in [0.25, 0.3) is 0 Å². The van der Waals surface area contributed by atoms with Crippen molar-refractivity contribution in [2.24, 2.45) is 0 Å². The first-order valence-electron chi connectivity index (χ1n) is 10.3. The van der Waals surface area contributed by atoms with Crippen molar-refractivity contribution in [2.45, 2.75) is 49.8 Å².